The summed E-state index contributed by atoms with van der Waals surface area (Å²) in [6.45, 7) is 5.28. The molecule has 0 bridgehead atoms. The topological polar surface area (TPSA) is 32.8 Å². The molecule has 0 N–H and O–H groups in total. The minimum atomic E-state index is 0.268. The molecule has 1 aromatic rings. The summed E-state index contributed by atoms with van der Waals surface area (Å²) < 4.78 is 5.95. The quantitative estimate of drug-likeness (QED) is 0.780. The standard InChI is InChI=1S/C22H32N2O2/c1-17(19-7-3-2-4-8-19)23(15-18-11-12-18)16-22(25)24-13-14-26-21-10-6-5-9-20(21)24/h2-4,7-8,17-18,20-21H,5-6,9-16H2,1H3. The Labute approximate surface area is 157 Å². The molecule has 2 saturated carbocycles. The van der Waals surface area contributed by atoms with Crippen LogP contribution in [-0.4, -0.2) is 54.1 Å². The van der Waals surface area contributed by atoms with Crippen molar-refractivity contribution in [3.05, 3.63) is 35.9 Å². The van der Waals surface area contributed by atoms with E-state index in [1.165, 1.54) is 31.2 Å². The number of morpholine rings is 1. The molecule has 1 saturated heterocycles. The van der Waals surface area contributed by atoms with Gasteiger partial charge in [0.15, 0.2) is 0 Å². The lowest BCUT2D eigenvalue weighted by atomic mass is 9.90. The van der Waals surface area contributed by atoms with Gasteiger partial charge in [-0.25, -0.2) is 0 Å². The Morgan fingerprint density at radius 1 is 1.19 bits per heavy atom. The first-order chi connectivity index (χ1) is 12.7. The van der Waals surface area contributed by atoms with Gasteiger partial charge in [-0.05, 0) is 44.1 Å². The summed E-state index contributed by atoms with van der Waals surface area (Å²) in [4.78, 5) is 17.8. The van der Waals surface area contributed by atoms with E-state index in [0.29, 0.717) is 25.1 Å². The second kappa shape index (κ2) is 8.10. The van der Waals surface area contributed by atoms with Gasteiger partial charge in [0.1, 0.15) is 0 Å². The SMILES string of the molecule is CC(c1ccccc1)N(CC(=O)N1CCOC2CCCCC21)CC1CC1. The average molecular weight is 357 g/mol. The molecule has 1 aliphatic heterocycles. The molecule has 3 aliphatic rings. The maximum Gasteiger partial charge on any atom is 0.237 e. The van der Waals surface area contributed by atoms with Crippen molar-refractivity contribution in [3.63, 3.8) is 0 Å². The summed E-state index contributed by atoms with van der Waals surface area (Å²) in [6.07, 6.45) is 7.57. The summed E-state index contributed by atoms with van der Waals surface area (Å²) in [5.41, 5.74) is 1.30. The molecule has 26 heavy (non-hydrogen) atoms. The number of ether oxygens (including phenoxy) is 1. The fraction of sp³-hybridized carbons (Fsp3) is 0.682. The molecule has 3 fully saturated rings. The van der Waals surface area contributed by atoms with Crippen LogP contribution in [-0.2, 0) is 9.53 Å². The van der Waals surface area contributed by atoms with Gasteiger partial charge in [-0.15, -0.1) is 0 Å². The zero-order chi connectivity index (χ0) is 17.9. The molecule has 0 aromatic heterocycles. The van der Waals surface area contributed by atoms with Crippen LogP contribution in [0, 0.1) is 5.92 Å². The number of nitrogens with zero attached hydrogens (tertiary/aromatic N) is 2. The number of carbonyl (C=O) groups excluding carboxylic acids is 1. The molecule has 4 nitrogen and oxygen atoms in total. The van der Waals surface area contributed by atoms with Crippen LogP contribution in [0.2, 0.25) is 0 Å². The van der Waals surface area contributed by atoms with Gasteiger partial charge in [-0.3, -0.25) is 9.69 Å². The number of hydrogen-bond donors (Lipinski definition) is 0. The summed E-state index contributed by atoms with van der Waals surface area (Å²) in [7, 11) is 0. The molecule has 142 valence electrons. The monoisotopic (exact) mass is 356 g/mol. The highest BCUT2D eigenvalue weighted by Crippen LogP contribution is 2.33. The van der Waals surface area contributed by atoms with Crippen molar-refractivity contribution in [3.8, 4) is 0 Å². The van der Waals surface area contributed by atoms with Crippen LogP contribution in [0.4, 0.5) is 0 Å². The minimum Gasteiger partial charge on any atom is -0.374 e. The van der Waals surface area contributed by atoms with Gasteiger partial charge in [-0.2, -0.15) is 0 Å². The minimum absolute atomic E-state index is 0.268. The molecule has 1 heterocycles. The molecule has 2 aliphatic carbocycles. The normalized spacial score (nSPS) is 27.2. The summed E-state index contributed by atoms with van der Waals surface area (Å²) >= 11 is 0. The Hall–Kier alpha value is -1.39. The van der Waals surface area contributed by atoms with E-state index in [0.717, 1.165) is 31.8 Å². The maximum atomic E-state index is 13.2. The highest BCUT2D eigenvalue weighted by atomic mass is 16.5. The fourth-order valence-corrected chi connectivity index (χ4v) is 4.60. The van der Waals surface area contributed by atoms with Crippen molar-refractivity contribution in [1.82, 2.24) is 9.80 Å². The van der Waals surface area contributed by atoms with Crippen LogP contribution in [0.15, 0.2) is 30.3 Å². The van der Waals surface area contributed by atoms with Gasteiger partial charge in [0.2, 0.25) is 5.91 Å². The second-order valence-electron chi connectivity index (χ2n) is 8.31. The lowest BCUT2D eigenvalue weighted by Crippen LogP contribution is -2.57. The van der Waals surface area contributed by atoms with E-state index in [1.807, 2.05) is 0 Å². The predicted molar refractivity (Wildman–Crippen MR) is 103 cm³/mol. The number of fused-ring (bicyclic) bond motifs is 1. The predicted octanol–water partition coefficient (Wildman–Crippen LogP) is 3.63. The molecule has 0 spiro atoms. The molecule has 3 atom stereocenters. The number of amides is 1. The zero-order valence-electron chi connectivity index (χ0n) is 16.0. The molecule has 3 unspecified atom stereocenters. The van der Waals surface area contributed by atoms with E-state index in [2.05, 4.69) is 47.1 Å². The van der Waals surface area contributed by atoms with E-state index in [9.17, 15) is 4.79 Å². The van der Waals surface area contributed by atoms with Crippen LogP contribution in [0.1, 0.15) is 57.1 Å². The third-order valence-corrected chi connectivity index (χ3v) is 6.41. The Kier molecular flexibility index (Phi) is 5.60. The van der Waals surface area contributed by atoms with E-state index < -0.39 is 0 Å². The molecule has 1 aromatic carbocycles. The number of rotatable bonds is 6. The van der Waals surface area contributed by atoms with Crippen molar-refractivity contribution >= 4 is 5.91 Å². The maximum absolute atomic E-state index is 13.2. The van der Waals surface area contributed by atoms with Crippen LogP contribution in [0.3, 0.4) is 0 Å². The smallest absolute Gasteiger partial charge is 0.237 e. The Balaban J connectivity index is 1.45. The first kappa shape index (κ1) is 18.0. The third kappa shape index (κ3) is 4.12. The Bertz CT molecular complexity index is 599. The van der Waals surface area contributed by atoms with Crippen LogP contribution < -0.4 is 0 Å². The van der Waals surface area contributed by atoms with Crippen molar-refractivity contribution in [1.29, 1.82) is 0 Å². The van der Waals surface area contributed by atoms with Gasteiger partial charge in [-0.1, -0.05) is 43.2 Å². The molecular weight excluding hydrogens is 324 g/mol. The fourth-order valence-electron chi connectivity index (χ4n) is 4.60. The van der Waals surface area contributed by atoms with Gasteiger partial charge in [0, 0.05) is 19.1 Å². The summed E-state index contributed by atoms with van der Waals surface area (Å²) in [5, 5.41) is 0. The average Bonchev–Trinajstić information content (AvgIpc) is 3.51. The number of benzene rings is 1. The molecule has 0 radical (unpaired) electrons. The van der Waals surface area contributed by atoms with E-state index in [1.54, 1.807) is 0 Å². The Morgan fingerprint density at radius 2 is 1.96 bits per heavy atom. The molecule has 4 rings (SSSR count). The summed E-state index contributed by atoms with van der Waals surface area (Å²) in [6, 6.07) is 11.2. The van der Waals surface area contributed by atoms with Crippen LogP contribution >= 0.6 is 0 Å². The number of carbonyl (C=O) groups is 1. The molecule has 1 amide bonds. The first-order valence-electron chi connectivity index (χ1n) is 10.4. The van der Waals surface area contributed by atoms with E-state index in [-0.39, 0.29) is 12.1 Å². The first-order valence-corrected chi connectivity index (χ1v) is 10.4. The molecular formula is C22H32N2O2. The second-order valence-corrected chi connectivity index (χ2v) is 8.31. The Morgan fingerprint density at radius 3 is 2.73 bits per heavy atom. The lowest BCUT2D eigenvalue weighted by Gasteiger charge is -2.44. The third-order valence-electron chi connectivity index (χ3n) is 6.41. The van der Waals surface area contributed by atoms with E-state index in [4.69, 9.17) is 4.74 Å². The van der Waals surface area contributed by atoms with Crippen LogP contribution in [0.5, 0.6) is 0 Å². The van der Waals surface area contributed by atoms with Gasteiger partial charge in [0.05, 0.1) is 25.3 Å². The van der Waals surface area contributed by atoms with E-state index >= 15 is 0 Å². The highest BCUT2D eigenvalue weighted by molar-refractivity contribution is 5.79. The number of hydrogen-bond acceptors (Lipinski definition) is 3. The summed E-state index contributed by atoms with van der Waals surface area (Å²) in [5.74, 6) is 1.08. The largest absolute Gasteiger partial charge is 0.374 e. The lowest BCUT2D eigenvalue weighted by molar-refractivity contribution is -0.151. The molecule has 4 heteroatoms. The van der Waals surface area contributed by atoms with Crippen molar-refractivity contribution in [2.75, 3.05) is 26.2 Å². The van der Waals surface area contributed by atoms with Gasteiger partial charge in [0.25, 0.3) is 0 Å². The van der Waals surface area contributed by atoms with Gasteiger partial charge < -0.3 is 9.64 Å². The van der Waals surface area contributed by atoms with Gasteiger partial charge >= 0.3 is 0 Å². The highest BCUT2D eigenvalue weighted by Gasteiger charge is 2.38. The van der Waals surface area contributed by atoms with Crippen LogP contribution in [0.25, 0.3) is 0 Å². The van der Waals surface area contributed by atoms with Crippen molar-refractivity contribution in [2.45, 2.75) is 63.6 Å². The van der Waals surface area contributed by atoms with Crippen molar-refractivity contribution < 1.29 is 9.53 Å². The zero-order valence-corrected chi connectivity index (χ0v) is 16.0. The van der Waals surface area contributed by atoms with Crippen molar-refractivity contribution in [2.24, 2.45) is 5.92 Å².